The molecule has 0 fully saturated rings. The Balaban J connectivity index is 1.80. The SMILES string of the molecule is CNC(=O)c1cccc(-c2ccc3c(c2)N(C(=O)c2ccco2)CCN3C(C)=O)c1. The van der Waals surface area contributed by atoms with Gasteiger partial charge in [0.05, 0.1) is 17.6 Å². The summed E-state index contributed by atoms with van der Waals surface area (Å²) in [6, 6.07) is 16.1. The van der Waals surface area contributed by atoms with Crippen molar-refractivity contribution in [2.45, 2.75) is 6.92 Å². The molecule has 30 heavy (non-hydrogen) atoms. The molecule has 1 aliphatic heterocycles. The van der Waals surface area contributed by atoms with Crippen LogP contribution in [-0.4, -0.2) is 37.9 Å². The van der Waals surface area contributed by atoms with E-state index in [1.54, 1.807) is 41.1 Å². The van der Waals surface area contributed by atoms with Crippen molar-refractivity contribution in [2.75, 3.05) is 29.9 Å². The maximum atomic E-state index is 13.0. The van der Waals surface area contributed by atoms with Crippen LogP contribution in [0.4, 0.5) is 11.4 Å². The Morgan fingerprint density at radius 1 is 0.900 bits per heavy atom. The van der Waals surface area contributed by atoms with E-state index < -0.39 is 0 Å². The van der Waals surface area contributed by atoms with Gasteiger partial charge < -0.3 is 19.5 Å². The first kappa shape index (κ1) is 19.4. The molecule has 0 bridgehead atoms. The Hall–Kier alpha value is -3.87. The lowest BCUT2D eigenvalue weighted by Crippen LogP contribution is -2.45. The van der Waals surface area contributed by atoms with Crippen molar-refractivity contribution < 1.29 is 18.8 Å². The highest BCUT2D eigenvalue weighted by Gasteiger charge is 2.30. The number of nitrogens with zero attached hydrogens (tertiary/aromatic N) is 2. The molecule has 1 N–H and O–H groups in total. The molecule has 1 aliphatic rings. The van der Waals surface area contributed by atoms with Gasteiger partial charge in [-0.3, -0.25) is 14.4 Å². The summed E-state index contributed by atoms with van der Waals surface area (Å²) in [5, 5.41) is 2.62. The largest absolute Gasteiger partial charge is 0.459 e. The summed E-state index contributed by atoms with van der Waals surface area (Å²) >= 11 is 0. The van der Waals surface area contributed by atoms with Crippen LogP contribution in [0.1, 0.15) is 27.8 Å². The maximum absolute atomic E-state index is 13.0. The van der Waals surface area contributed by atoms with E-state index in [1.807, 2.05) is 30.3 Å². The zero-order valence-corrected chi connectivity index (χ0v) is 16.7. The molecule has 0 saturated carbocycles. The van der Waals surface area contributed by atoms with Gasteiger partial charge in [0.1, 0.15) is 0 Å². The zero-order chi connectivity index (χ0) is 21.3. The van der Waals surface area contributed by atoms with Crippen LogP contribution in [0.5, 0.6) is 0 Å². The topological polar surface area (TPSA) is 82.9 Å². The van der Waals surface area contributed by atoms with Crippen LogP contribution in [0, 0.1) is 0 Å². The van der Waals surface area contributed by atoms with E-state index in [9.17, 15) is 14.4 Å². The van der Waals surface area contributed by atoms with E-state index in [1.165, 1.54) is 13.2 Å². The van der Waals surface area contributed by atoms with E-state index >= 15 is 0 Å². The highest BCUT2D eigenvalue weighted by Crippen LogP contribution is 2.38. The number of rotatable bonds is 3. The first-order chi connectivity index (χ1) is 14.5. The number of benzene rings is 2. The minimum absolute atomic E-state index is 0.0873. The van der Waals surface area contributed by atoms with Crippen LogP contribution >= 0.6 is 0 Å². The van der Waals surface area contributed by atoms with Crippen LogP contribution < -0.4 is 15.1 Å². The summed E-state index contributed by atoms with van der Waals surface area (Å²) in [7, 11) is 1.59. The number of carbonyl (C=O) groups excluding carboxylic acids is 3. The third kappa shape index (κ3) is 3.45. The Morgan fingerprint density at radius 2 is 1.67 bits per heavy atom. The summed E-state index contributed by atoms with van der Waals surface area (Å²) in [5.74, 6) is -0.284. The van der Waals surface area contributed by atoms with Crippen LogP contribution in [-0.2, 0) is 4.79 Å². The normalized spacial score (nSPS) is 13.0. The lowest BCUT2D eigenvalue weighted by Gasteiger charge is -2.36. The van der Waals surface area contributed by atoms with Gasteiger partial charge in [-0.15, -0.1) is 0 Å². The predicted molar refractivity (Wildman–Crippen MR) is 114 cm³/mol. The van der Waals surface area contributed by atoms with Gasteiger partial charge in [0.15, 0.2) is 5.76 Å². The minimum Gasteiger partial charge on any atom is -0.459 e. The molecule has 0 radical (unpaired) electrons. The molecule has 0 aliphatic carbocycles. The summed E-state index contributed by atoms with van der Waals surface area (Å²) in [5.41, 5.74) is 3.51. The van der Waals surface area contributed by atoms with Gasteiger partial charge in [-0.05, 0) is 47.5 Å². The molecule has 3 amide bonds. The molecule has 3 aromatic rings. The summed E-state index contributed by atoms with van der Waals surface area (Å²) in [6.45, 7) is 2.27. The minimum atomic E-state index is -0.263. The van der Waals surface area contributed by atoms with Crippen molar-refractivity contribution in [2.24, 2.45) is 0 Å². The summed E-state index contributed by atoms with van der Waals surface area (Å²) in [4.78, 5) is 40.4. The molecule has 4 rings (SSSR count). The van der Waals surface area contributed by atoms with E-state index in [0.717, 1.165) is 11.1 Å². The van der Waals surface area contributed by atoms with Gasteiger partial charge in [0.25, 0.3) is 11.8 Å². The third-order valence-corrected chi connectivity index (χ3v) is 5.15. The van der Waals surface area contributed by atoms with Gasteiger partial charge in [0, 0.05) is 32.6 Å². The zero-order valence-electron chi connectivity index (χ0n) is 16.7. The van der Waals surface area contributed by atoms with Crippen LogP contribution in [0.25, 0.3) is 11.1 Å². The molecule has 0 saturated heterocycles. The molecule has 7 heteroatoms. The number of hydrogen-bond acceptors (Lipinski definition) is 4. The van der Waals surface area contributed by atoms with E-state index in [-0.39, 0.29) is 23.5 Å². The van der Waals surface area contributed by atoms with Crippen molar-refractivity contribution in [3.05, 3.63) is 72.2 Å². The lowest BCUT2D eigenvalue weighted by molar-refractivity contribution is -0.116. The Bertz CT molecular complexity index is 1120. The standard InChI is InChI=1S/C23H21N3O4/c1-15(27)25-10-11-26(23(29)21-7-4-12-30-21)20-14-17(8-9-19(20)25)16-5-3-6-18(13-16)22(28)24-2/h3-9,12-14H,10-11H2,1-2H3,(H,24,28). The van der Waals surface area contributed by atoms with Crippen molar-refractivity contribution in [3.63, 3.8) is 0 Å². The van der Waals surface area contributed by atoms with E-state index in [2.05, 4.69) is 5.32 Å². The monoisotopic (exact) mass is 403 g/mol. The quantitative estimate of drug-likeness (QED) is 0.727. The fourth-order valence-corrected chi connectivity index (χ4v) is 3.64. The average molecular weight is 403 g/mol. The second-order valence-corrected chi connectivity index (χ2v) is 6.97. The molecule has 7 nitrogen and oxygen atoms in total. The number of carbonyl (C=O) groups is 3. The molecular formula is C23H21N3O4. The Kier molecular flexibility index (Phi) is 5.10. The molecule has 152 valence electrons. The van der Waals surface area contributed by atoms with E-state index in [4.69, 9.17) is 4.42 Å². The first-order valence-electron chi connectivity index (χ1n) is 9.59. The fourth-order valence-electron chi connectivity index (χ4n) is 3.64. The first-order valence-corrected chi connectivity index (χ1v) is 9.59. The average Bonchev–Trinajstić information content (AvgIpc) is 3.32. The van der Waals surface area contributed by atoms with Crippen molar-refractivity contribution in [1.82, 2.24) is 5.32 Å². The third-order valence-electron chi connectivity index (χ3n) is 5.15. The van der Waals surface area contributed by atoms with E-state index in [0.29, 0.717) is 30.0 Å². The molecule has 1 aromatic heterocycles. The Labute approximate surface area is 173 Å². The van der Waals surface area contributed by atoms with Gasteiger partial charge in [0.2, 0.25) is 5.91 Å². The molecule has 2 aromatic carbocycles. The van der Waals surface area contributed by atoms with Gasteiger partial charge in [-0.1, -0.05) is 18.2 Å². The fraction of sp³-hybridized carbons (Fsp3) is 0.174. The molecule has 0 atom stereocenters. The lowest BCUT2D eigenvalue weighted by atomic mass is 10.00. The highest BCUT2D eigenvalue weighted by atomic mass is 16.3. The number of amides is 3. The van der Waals surface area contributed by atoms with Gasteiger partial charge in [-0.2, -0.15) is 0 Å². The van der Waals surface area contributed by atoms with Gasteiger partial charge >= 0.3 is 0 Å². The summed E-state index contributed by atoms with van der Waals surface area (Å²) in [6.07, 6.45) is 1.46. The van der Waals surface area contributed by atoms with Crippen LogP contribution in [0.3, 0.4) is 0 Å². The van der Waals surface area contributed by atoms with Crippen LogP contribution in [0.15, 0.2) is 65.3 Å². The number of hydrogen-bond donors (Lipinski definition) is 1. The second-order valence-electron chi connectivity index (χ2n) is 6.97. The van der Waals surface area contributed by atoms with Crippen molar-refractivity contribution in [3.8, 4) is 11.1 Å². The molecular weight excluding hydrogens is 382 g/mol. The molecule has 0 spiro atoms. The number of anilines is 2. The Morgan fingerprint density at radius 3 is 2.37 bits per heavy atom. The molecule has 2 heterocycles. The maximum Gasteiger partial charge on any atom is 0.294 e. The van der Waals surface area contributed by atoms with Crippen molar-refractivity contribution >= 4 is 29.1 Å². The van der Waals surface area contributed by atoms with Crippen LogP contribution in [0.2, 0.25) is 0 Å². The number of nitrogens with one attached hydrogen (secondary N) is 1. The number of fused-ring (bicyclic) bond motifs is 1. The highest BCUT2D eigenvalue weighted by molar-refractivity contribution is 6.09. The molecule has 0 unspecified atom stereocenters. The van der Waals surface area contributed by atoms with Crippen molar-refractivity contribution in [1.29, 1.82) is 0 Å². The second kappa shape index (κ2) is 7.87. The predicted octanol–water partition coefficient (Wildman–Crippen LogP) is 3.32. The smallest absolute Gasteiger partial charge is 0.294 e. The van der Waals surface area contributed by atoms with Gasteiger partial charge in [-0.25, -0.2) is 0 Å². The summed E-state index contributed by atoms with van der Waals surface area (Å²) < 4.78 is 5.29. The number of furan rings is 1.